The minimum Gasteiger partial charge on any atom is -0.481 e. The van der Waals surface area contributed by atoms with Crippen LogP contribution in [0.5, 0.6) is 0 Å². The third kappa shape index (κ3) is 4.96. The molecule has 0 aromatic carbocycles. The van der Waals surface area contributed by atoms with Gasteiger partial charge in [0.05, 0.1) is 6.54 Å². The number of ketones is 1. The molecular weight excluding hydrogens is 122 g/mol. The quantitative estimate of drug-likeness (QED) is 0.492. The molecular formula is C5H9NO3. The Labute approximate surface area is 52.9 Å². The Bertz CT molecular complexity index is 121. The maximum Gasteiger partial charge on any atom is 0.310 e. The first-order valence-electron chi connectivity index (χ1n) is 2.55. The van der Waals surface area contributed by atoms with Gasteiger partial charge in [-0.2, -0.15) is 0 Å². The molecule has 0 saturated heterocycles. The molecule has 0 atom stereocenters. The number of aliphatic carboxylic acids is 1. The average molecular weight is 131 g/mol. The fourth-order valence-corrected chi connectivity index (χ4v) is 0.428. The lowest BCUT2D eigenvalue weighted by Gasteiger charge is -1.92. The van der Waals surface area contributed by atoms with Crippen molar-refractivity contribution in [3.63, 3.8) is 0 Å². The van der Waals surface area contributed by atoms with Crippen LogP contribution in [-0.2, 0) is 9.59 Å². The normalized spacial score (nSPS) is 9.00. The van der Waals surface area contributed by atoms with Gasteiger partial charge in [0.25, 0.3) is 0 Å². The molecule has 0 saturated carbocycles. The summed E-state index contributed by atoms with van der Waals surface area (Å²) in [6, 6.07) is 0. The summed E-state index contributed by atoms with van der Waals surface area (Å²) in [7, 11) is 1.60. The number of Topliss-reactive ketones (excluding diaryl/α,β-unsaturated/α-hetero) is 1. The van der Waals surface area contributed by atoms with Crippen molar-refractivity contribution < 1.29 is 14.7 Å². The molecule has 0 aromatic heterocycles. The molecule has 2 N–H and O–H groups in total. The molecule has 0 radical (unpaired) electrons. The molecule has 0 amide bonds. The van der Waals surface area contributed by atoms with Gasteiger partial charge in [0.1, 0.15) is 6.42 Å². The number of carboxylic acid groups (broad SMARTS) is 1. The molecule has 0 aliphatic carbocycles. The number of likely N-dealkylation sites (N-methyl/N-ethyl adjacent to an activating group) is 1. The molecule has 0 aliphatic rings. The van der Waals surface area contributed by atoms with Crippen molar-refractivity contribution in [2.24, 2.45) is 0 Å². The van der Waals surface area contributed by atoms with E-state index in [0.29, 0.717) is 0 Å². The number of rotatable bonds is 4. The zero-order valence-electron chi connectivity index (χ0n) is 5.18. The van der Waals surface area contributed by atoms with Crippen LogP contribution in [0.4, 0.5) is 0 Å². The Hall–Kier alpha value is -0.900. The van der Waals surface area contributed by atoms with Crippen LogP contribution in [0.15, 0.2) is 0 Å². The third-order valence-electron chi connectivity index (χ3n) is 0.722. The highest BCUT2D eigenvalue weighted by atomic mass is 16.4. The van der Waals surface area contributed by atoms with Crippen molar-refractivity contribution in [1.82, 2.24) is 5.32 Å². The van der Waals surface area contributed by atoms with Gasteiger partial charge >= 0.3 is 5.97 Å². The second kappa shape index (κ2) is 4.03. The van der Waals surface area contributed by atoms with Crippen molar-refractivity contribution in [2.45, 2.75) is 6.42 Å². The Morgan fingerprint density at radius 2 is 2.11 bits per heavy atom. The van der Waals surface area contributed by atoms with Gasteiger partial charge in [-0.1, -0.05) is 0 Å². The molecule has 52 valence electrons. The third-order valence-corrected chi connectivity index (χ3v) is 0.722. The highest BCUT2D eigenvalue weighted by molar-refractivity contribution is 5.95. The van der Waals surface area contributed by atoms with Gasteiger partial charge in [-0.25, -0.2) is 0 Å². The van der Waals surface area contributed by atoms with Crippen LogP contribution in [0.1, 0.15) is 6.42 Å². The summed E-state index contributed by atoms with van der Waals surface area (Å²) in [4.78, 5) is 20.2. The van der Waals surface area contributed by atoms with Crippen molar-refractivity contribution in [3.05, 3.63) is 0 Å². The van der Waals surface area contributed by atoms with Crippen LogP contribution in [0.25, 0.3) is 0 Å². The first kappa shape index (κ1) is 8.10. The van der Waals surface area contributed by atoms with Crippen molar-refractivity contribution in [3.8, 4) is 0 Å². The molecule has 0 rings (SSSR count). The lowest BCUT2D eigenvalue weighted by Crippen LogP contribution is -2.20. The Kier molecular flexibility index (Phi) is 3.62. The van der Waals surface area contributed by atoms with Gasteiger partial charge in [0.15, 0.2) is 5.78 Å². The average Bonchev–Trinajstić information content (AvgIpc) is 1.63. The maximum atomic E-state index is 10.4. The van der Waals surface area contributed by atoms with Gasteiger partial charge in [-0.15, -0.1) is 0 Å². The zero-order chi connectivity index (χ0) is 7.28. The summed E-state index contributed by atoms with van der Waals surface area (Å²) in [6.07, 6.45) is -0.388. The van der Waals surface area contributed by atoms with Gasteiger partial charge in [0.2, 0.25) is 0 Å². The molecule has 9 heavy (non-hydrogen) atoms. The molecule has 0 bridgehead atoms. The van der Waals surface area contributed by atoms with Crippen LogP contribution >= 0.6 is 0 Å². The summed E-state index contributed by atoms with van der Waals surface area (Å²) < 4.78 is 0. The predicted molar refractivity (Wildman–Crippen MR) is 31.2 cm³/mol. The SMILES string of the molecule is CNCC(=O)CC(=O)O. The standard InChI is InChI=1S/C5H9NO3/c1-6-3-4(7)2-5(8)9/h6H,2-3H2,1H3,(H,8,9). The number of carbonyl (C=O) groups excluding carboxylic acids is 1. The van der Waals surface area contributed by atoms with E-state index in [1.165, 1.54) is 0 Å². The number of carboxylic acids is 1. The zero-order valence-corrected chi connectivity index (χ0v) is 5.18. The van der Waals surface area contributed by atoms with Crippen molar-refractivity contribution in [1.29, 1.82) is 0 Å². The molecule has 4 heteroatoms. The number of nitrogens with one attached hydrogen (secondary N) is 1. The molecule has 0 spiro atoms. The minimum atomic E-state index is -1.07. The molecule has 0 fully saturated rings. The predicted octanol–water partition coefficient (Wildman–Crippen LogP) is -0.750. The van der Waals surface area contributed by atoms with Crippen molar-refractivity contribution >= 4 is 11.8 Å². The highest BCUT2D eigenvalue weighted by Crippen LogP contribution is 1.79. The first-order valence-corrected chi connectivity index (χ1v) is 2.55. The Balaban J connectivity index is 3.39. The Morgan fingerprint density at radius 3 is 2.44 bits per heavy atom. The molecule has 4 nitrogen and oxygen atoms in total. The van der Waals surface area contributed by atoms with E-state index in [4.69, 9.17) is 5.11 Å². The lowest BCUT2D eigenvalue weighted by atomic mass is 10.3. The van der Waals surface area contributed by atoms with E-state index in [0.717, 1.165) is 0 Å². The summed E-state index contributed by atoms with van der Waals surface area (Å²) in [5.41, 5.74) is 0. The van der Waals surface area contributed by atoms with Crippen LogP contribution in [0.2, 0.25) is 0 Å². The van der Waals surface area contributed by atoms with Gasteiger partial charge in [-0.3, -0.25) is 9.59 Å². The number of hydrogen-bond donors (Lipinski definition) is 2. The summed E-state index contributed by atoms with van der Waals surface area (Å²) in [5.74, 6) is -1.37. The van der Waals surface area contributed by atoms with E-state index in [1.54, 1.807) is 7.05 Å². The van der Waals surface area contributed by atoms with E-state index in [-0.39, 0.29) is 18.7 Å². The molecule has 0 aliphatic heterocycles. The van der Waals surface area contributed by atoms with Crippen LogP contribution in [0, 0.1) is 0 Å². The number of hydrogen-bond acceptors (Lipinski definition) is 3. The van der Waals surface area contributed by atoms with Crippen LogP contribution in [0.3, 0.4) is 0 Å². The van der Waals surface area contributed by atoms with E-state index >= 15 is 0 Å². The minimum absolute atomic E-state index is 0.131. The first-order chi connectivity index (χ1) is 4.16. The Morgan fingerprint density at radius 1 is 1.56 bits per heavy atom. The van der Waals surface area contributed by atoms with E-state index in [9.17, 15) is 9.59 Å². The second-order valence-corrected chi connectivity index (χ2v) is 1.64. The summed E-state index contributed by atoms with van der Waals surface area (Å²) >= 11 is 0. The van der Waals surface area contributed by atoms with Gasteiger partial charge in [-0.05, 0) is 7.05 Å². The molecule has 0 unspecified atom stereocenters. The van der Waals surface area contributed by atoms with E-state index in [2.05, 4.69) is 5.32 Å². The topological polar surface area (TPSA) is 66.4 Å². The van der Waals surface area contributed by atoms with Crippen LogP contribution in [-0.4, -0.2) is 30.5 Å². The summed E-state index contributed by atoms with van der Waals surface area (Å²) in [6.45, 7) is 0.131. The van der Waals surface area contributed by atoms with Crippen LogP contribution < -0.4 is 5.32 Å². The highest BCUT2D eigenvalue weighted by Gasteiger charge is 2.04. The number of carbonyl (C=O) groups is 2. The second-order valence-electron chi connectivity index (χ2n) is 1.64. The van der Waals surface area contributed by atoms with E-state index < -0.39 is 5.97 Å². The largest absolute Gasteiger partial charge is 0.481 e. The molecule has 0 heterocycles. The van der Waals surface area contributed by atoms with Crippen molar-refractivity contribution in [2.75, 3.05) is 13.6 Å². The smallest absolute Gasteiger partial charge is 0.310 e. The lowest BCUT2D eigenvalue weighted by molar-refractivity contribution is -0.140. The van der Waals surface area contributed by atoms with Gasteiger partial charge in [0, 0.05) is 0 Å². The van der Waals surface area contributed by atoms with Gasteiger partial charge < -0.3 is 10.4 Å². The maximum absolute atomic E-state index is 10.4. The van der Waals surface area contributed by atoms with E-state index in [1.807, 2.05) is 0 Å². The fraction of sp³-hybridized carbons (Fsp3) is 0.600. The molecule has 0 aromatic rings. The monoisotopic (exact) mass is 131 g/mol. The fourth-order valence-electron chi connectivity index (χ4n) is 0.428. The summed E-state index contributed by atoms with van der Waals surface area (Å²) in [5, 5.41) is 10.6.